The van der Waals surface area contributed by atoms with Gasteiger partial charge in [0.05, 0.1) is 25.4 Å². The number of phenols is 3. The van der Waals surface area contributed by atoms with Gasteiger partial charge >= 0.3 is 5.97 Å². The fourth-order valence-corrected chi connectivity index (χ4v) is 6.79. The Bertz CT molecular complexity index is 1860. The van der Waals surface area contributed by atoms with Crippen molar-refractivity contribution in [3.8, 4) is 23.0 Å². The Morgan fingerprint density at radius 1 is 0.945 bits per heavy atom. The first kappa shape index (κ1) is 41.1. The van der Waals surface area contributed by atoms with E-state index in [9.17, 15) is 45.0 Å². The highest BCUT2D eigenvalue weighted by molar-refractivity contribution is 5.97. The van der Waals surface area contributed by atoms with Gasteiger partial charge < -0.3 is 55.3 Å². The Morgan fingerprint density at radius 3 is 2.42 bits per heavy atom. The minimum absolute atomic E-state index is 0.152. The molecule has 0 spiro atoms. The van der Waals surface area contributed by atoms with Crippen LogP contribution in [0.2, 0.25) is 0 Å². The molecule has 1 aliphatic heterocycles. The molecule has 14 nitrogen and oxygen atoms in total. The molecule has 0 unspecified atom stereocenters. The van der Waals surface area contributed by atoms with Gasteiger partial charge in [-0.25, -0.2) is 4.79 Å². The quantitative estimate of drug-likeness (QED) is 0.0820. The Hall–Kier alpha value is -5.09. The molecule has 1 saturated carbocycles. The number of aliphatic hydroxyl groups is 2. The zero-order valence-corrected chi connectivity index (χ0v) is 30.2. The monoisotopic (exact) mass is 761 g/mol. The van der Waals surface area contributed by atoms with Crippen LogP contribution in [0.1, 0.15) is 47.9 Å². The maximum absolute atomic E-state index is 13.8. The lowest BCUT2D eigenvalue weighted by atomic mass is 9.78. The second-order valence-corrected chi connectivity index (χ2v) is 13.7. The van der Waals surface area contributed by atoms with Crippen LogP contribution < -0.4 is 10.5 Å². The zero-order chi connectivity index (χ0) is 39.5. The predicted octanol–water partition coefficient (Wildman–Crippen LogP) is 3.28. The molecule has 3 aromatic rings. The van der Waals surface area contributed by atoms with Gasteiger partial charge in [0, 0.05) is 19.4 Å². The number of aliphatic hydroxyl groups excluding tert-OH is 2. The number of aromatic hydroxyl groups is 3. The highest BCUT2D eigenvalue weighted by atomic mass is 16.6. The normalized spacial score (nSPS) is 24.2. The fourth-order valence-electron chi connectivity index (χ4n) is 6.79. The number of phenolic OH excluding ortho intramolecular Hbond substituents is 3. The van der Waals surface area contributed by atoms with E-state index in [2.05, 4.69) is 0 Å². The van der Waals surface area contributed by atoms with E-state index in [-0.39, 0.29) is 61.1 Å². The summed E-state index contributed by atoms with van der Waals surface area (Å²) in [5.41, 5.74) is 5.47. The van der Waals surface area contributed by atoms with Crippen molar-refractivity contribution in [2.75, 3.05) is 26.4 Å². The number of carboxylic acids is 1. The van der Waals surface area contributed by atoms with E-state index in [1.165, 1.54) is 48.6 Å². The van der Waals surface area contributed by atoms with Crippen LogP contribution in [0, 0.1) is 5.92 Å². The SMILES string of the molecule is NCCOc1ccc(C=CC(=O)CO[C@@]2(C(=O)O)C[C@@H](O)[C@H]3OC[C@H](CCc4ccccc4)C[C@@H](C(=O)C=Cc4cc(O)c(O)cc4CO)O[C@H]3C2)cc1O. The van der Waals surface area contributed by atoms with Crippen LogP contribution in [0.4, 0.5) is 0 Å². The molecule has 14 heteroatoms. The van der Waals surface area contributed by atoms with Gasteiger partial charge in [0.2, 0.25) is 0 Å². The predicted molar refractivity (Wildman–Crippen MR) is 199 cm³/mol. The number of benzene rings is 3. The van der Waals surface area contributed by atoms with E-state index in [1.54, 1.807) is 6.07 Å². The Kier molecular flexibility index (Phi) is 14.2. The summed E-state index contributed by atoms with van der Waals surface area (Å²) in [5, 5.41) is 61.6. The third kappa shape index (κ3) is 10.8. The first-order valence-corrected chi connectivity index (χ1v) is 18.0. The number of hydrogen-bond donors (Lipinski definition) is 7. The average molecular weight is 762 g/mol. The smallest absolute Gasteiger partial charge is 0.336 e. The van der Waals surface area contributed by atoms with Crippen molar-refractivity contribution in [2.45, 2.75) is 68.7 Å². The van der Waals surface area contributed by atoms with Crippen molar-refractivity contribution in [3.63, 3.8) is 0 Å². The Morgan fingerprint density at radius 2 is 1.71 bits per heavy atom. The number of ether oxygens (including phenoxy) is 4. The Balaban J connectivity index is 1.33. The molecule has 5 rings (SSSR count). The van der Waals surface area contributed by atoms with Gasteiger partial charge in [-0.05, 0) is 83.9 Å². The van der Waals surface area contributed by atoms with E-state index in [0.717, 1.165) is 5.56 Å². The number of aryl methyl sites for hydroxylation is 1. The summed E-state index contributed by atoms with van der Waals surface area (Å²) in [6, 6.07) is 16.7. The molecule has 8 N–H and O–H groups in total. The number of rotatable bonds is 16. The number of aliphatic carboxylic acids is 1. The van der Waals surface area contributed by atoms with Crippen molar-refractivity contribution < 1.29 is 64.0 Å². The van der Waals surface area contributed by atoms with Gasteiger partial charge in [0.25, 0.3) is 0 Å². The summed E-state index contributed by atoms with van der Waals surface area (Å²) in [7, 11) is 0. The minimum atomic E-state index is -2.07. The lowest BCUT2D eigenvalue weighted by Crippen LogP contribution is -2.60. The molecule has 1 heterocycles. The molecule has 3 aromatic carbocycles. The van der Waals surface area contributed by atoms with Crippen LogP contribution >= 0.6 is 0 Å². The van der Waals surface area contributed by atoms with Gasteiger partial charge in [-0.1, -0.05) is 48.6 Å². The highest BCUT2D eigenvalue weighted by Gasteiger charge is 2.54. The zero-order valence-electron chi connectivity index (χ0n) is 30.2. The van der Waals surface area contributed by atoms with Crippen molar-refractivity contribution in [1.82, 2.24) is 0 Å². The minimum Gasteiger partial charge on any atom is -0.504 e. The van der Waals surface area contributed by atoms with E-state index in [0.29, 0.717) is 18.4 Å². The Labute approximate surface area is 318 Å². The molecule has 0 bridgehead atoms. The lowest BCUT2D eigenvalue weighted by molar-refractivity contribution is -0.230. The number of fused-ring (bicyclic) bond motifs is 1. The first-order chi connectivity index (χ1) is 26.4. The molecule has 6 atom stereocenters. The number of carbonyl (C=O) groups excluding carboxylic acids is 2. The molecule has 0 amide bonds. The van der Waals surface area contributed by atoms with Gasteiger partial charge in [0.15, 0.2) is 40.2 Å². The summed E-state index contributed by atoms with van der Waals surface area (Å²) < 4.78 is 23.7. The molecule has 0 aromatic heterocycles. The van der Waals surface area contributed by atoms with Crippen LogP contribution in [-0.4, -0.2) is 105 Å². The number of hydrogen-bond acceptors (Lipinski definition) is 13. The first-order valence-electron chi connectivity index (χ1n) is 18.0. The van der Waals surface area contributed by atoms with Gasteiger partial charge in [0.1, 0.15) is 25.4 Å². The van der Waals surface area contributed by atoms with Crippen molar-refractivity contribution in [2.24, 2.45) is 11.7 Å². The van der Waals surface area contributed by atoms with Crippen LogP contribution in [0.25, 0.3) is 12.2 Å². The standard InChI is InChI=1S/C41H47NO13/c42-14-15-52-36-13-9-26(16-34(36)48)8-11-30(44)24-54-41(40(50)51)20-35(49)39-38(21-41)55-37(17-27(23-53-39)7-6-25-4-2-1-3-5-25)31(45)12-10-28-18-32(46)33(47)19-29(28)22-43/h1-5,8-13,16,18-19,27,35,37-39,43,46-49H,6-7,14-15,17,20-24,42H2,(H,50,51)/t27-,35-,37+,38+,39-,41+/m1/s1. The molecule has 1 aliphatic carbocycles. The molecule has 55 heavy (non-hydrogen) atoms. The number of ketones is 2. The van der Waals surface area contributed by atoms with Crippen molar-refractivity contribution >= 4 is 29.7 Å². The van der Waals surface area contributed by atoms with E-state index >= 15 is 0 Å². The summed E-state index contributed by atoms with van der Waals surface area (Å²) >= 11 is 0. The van der Waals surface area contributed by atoms with Crippen LogP contribution in [-0.2, 0) is 41.6 Å². The molecule has 1 saturated heterocycles. The second-order valence-electron chi connectivity index (χ2n) is 13.7. The maximum atomic E-state index is 13.8. The van der Waals surface area contributed by atoms with E-state index in [4.69, 9.17) is 24.7 Å². The van der Waals surface area contributed by atoms with Crippen LogP contribution in [0.3, 0.4) is 0 Å². The summed E-state index contributed by atoms with van der Waals surface area (Å²) in [6.45, 7) is -0.503. The molecule has 2 aliphatic rings. The summed E-state index contributed by atoms with van der Waals surface area (Å²) in [4.78, 5) is 39.5. The third-order valence-corrected chi connectivity index (χ3v) is 9.76. The maximum Gasteiger partial charge on any atom is 0.336 e. The van der Waals surface area contributed by atoms with Gasteiger partial charge in [-0.15, -0.1) is 0 Å². The molecular weight excluding hydrogens is 714 g/mol. The summed E-state index contributed by atoms with van der Waals surface area (Å²) in [5.74, 6) is -3.49. The van der Waals surface area contributed by atoms with Gasteiger partial charge in [-0.3, -0.25) is 9.59 Å². The fraction of sp³-hybridized carbons (Fsp3) is 0.390. The van der Waals surface area contributed by atoms with Crippen LogP contribution in [0.5, 0.6) is 23.0 Å². The third-order valence-electron chi connectivity index (χ3n) is 9.76. The van der Waals surface area contributed by atoms with Crippen molar-refractivity contribution in [3.05, 3.63) is 95.1 Å². The lowest BCUT2D eigenvalue weighted by Gasteiger charge is -2.46. The molecular formula is C41H47NO13. The average Bonchev–Trinajstić information content (AvgIpc) is 3.16. The number of carboxylic acid groups (broad SMARTS) is 1. The van der Waals surface area contributed by atoms with Crippen LogP contribution in [0.15, 0.2) is 72.8 Å². The molecule has 294 valence electrons. The summed E-state index contributed by atoms with van der Waals surface area (Å²) in [6.07, 6.45) is 1.31. The molecule has 0 radical (unpaired) electrons. The molecule has 2 fully saturated rings. The topological polar surface area (TPSA) is 236 Å². The number of carbonyl (C=O) groups is 3. The van der Waals surface area contributed by atoms with E-state index < -0.39 is 78.7 Å². The largest absolute Gasteiger partial charge is 0.504 e. The van der Waals surface area contributed by atoms with E-state index in [1.807, 2.05) is 30.3 Å². The van der Waals surface area contributed by atoms with Gasteiger partial charge in [-0.2, -0.15) is 0 Å². The highest BCUT2D eigenvalue weighted by Crippen LogP contribution is 2.39. The number of nitrogens with two attached hydrogens (primary N) is 1. The second kappa shape index (κ2) is 19.0. The van der Waals surface area contributed by atoms with Crippen molar-refractivity contribution in [1.29, 1.82) is 0 Å².